The van der Waals surface area contributed by atoms with E-state index in [1.165, 1.54) is 18.5 Å². The summed E-state index contributed by atoms with van der Waals surface area (Å²) in [5, 5.41) is 5.49. The summed E-state index contributed by atoms with van der Waals surface area (Å²) in [4.78, 5) is 16.9. The van der Waals surface area contributed by atoms with Crippen molar-refractivity contribution in [3.8, 4) is 0 Å². The first-order chi connectivity index (χ1) is 13.3. The summed E-state index contributed by atoms with van der Waals surface area (Å²) >= 11 is 0. The van der Waals surface area contributed by atoms with Gasteiger partial charge in [-0.15, -0.1) is 0 Å². The Morgan fingerprint density at radius 1 is 0.778 bits per heavy atom. The van der Waals surface area contributed by atoms with E-state index in [0.717, 1.165) is 62.1 Å². The van der Waals surface area contributed by atoms with E-state index in [0.29, 0.717) is 0 Å². The maximum atomic E-state index is 4.99. The molecular weight excluding hydrogens is 338 g/mol. The highest BCUT2D eigenvalue weighted by atomic mass is 15.4. The Morgan fingerprint density at radius 2 is 1.48 bits per heavy atom. The molecule has 1 aromatic carbocycles. The molecule has 27 heavy (non-hydrogen) atoms. The van der Waals surface area contributed by atoms with Crippen LogP contribution in [0.2, 0.25) is 0 Å². The first kappa shape index (κ1) is 16.4. The van der Waals surface area contributed by atoms with Crippen LogP contribution in [0, 0.1) is 0 Å². The number of aryl methyl sites for hydroxylation is 1. The Kier molecular flexibility index (Phi) is 4.07. The van der Waals surface area contributed by atoms with Crippen molar-refractivity contribution in [2.24, 2.45) is 7.05 Å². The van der Waals surface area contributed by atoms with E-state index < -0.39 is 0 Å². The monoisotopic (exact) mass is 363 g/mol. The largest absolute Gasteiger partial charge is 0.368 e. The highest BCUT2D eigenvalue weighted by molar-refractivity contribution is 5.88. The average molecular weight is 363 g/mol. The van der Waals surface area contributed by atoms with Gasteiger partial charge in [0.15, 0.2) is 5.65 Å². The molecule has 4 heterocycles. The second kappa shape index (κ2) is 6.72. The number of anilines is 3. The van der Waals surface area contributed by atoms with Gasteiger partial charge in [-0.3, -0.25) is 4.68 Å². The van der Waals surface area contributed by atoms with Gasteiger partial charge in [0.05, 0.1) is 11.6 Å². The first-order valence-electron chi connectivity index (χ1n) is 9.79. The molecule has 0 N–H and O–H groups in total. The third-order valence-electron chi connectivity index (χ3n) is 5.65. The molecule has 5 rings (SSSR count). The van der Waals surface area contributed by atoms with Crippen molar-refractivity contribution in [1.29, 1.82) is 0 Å². The van der Waals surface area contributed by atoms with Crippen LogP contribution in [-0.4, -0.2) is 59.0 Å². The van der Waals surface area contributed by atoms with Crippen molar-refractivity contribution >= 4 is 28.5 Å². The highest BCUT2D eigenvalue weighted by Crippen LogP contribution is 2.29. The van der Waals surface area contributed by atoms with Crippen molar-refractivity contribution < 1.29 is 0 Å². The van der Waals surface area contributed by atoms with Crippen LogP contribution >= 0.6 is 0 Å². The fraction of sp³-hybridized carbons (Fsp3) is 0.450. The fourth-order valence-corrected chi connectivity index (χ4v) is 4.11. The van der Waals surface area contributed by atoms with Gasteiger partial charge in [-0.05, 0) is 25.0 Å². The van der Waals surface area contributed by atoms with Gasteiger partial charge in [-0.25, -0.2) is 0 Å². The Labute approximate surface area is 159 Å². The average Bonchev–Trinajstić information content (AvgIpc) is 3.39. The first-order valence-corrected chi connectivity index (χ1v) is 9.79. The molecule has 7 heteroatoms. The number of hydrogen-bond acceptors (Lipinski definition) is 6. The summed E-state index contributed by atoms with van der Waals surface area (Å²) in [5.41, 5.74) is 2.22. The number of para-hydroxylation sites is 1. The van der Waals surface area contributed by atoms with Crippen LogP contribution in [0.25, 0.3) is 11.0 Å². The molecule has 0 bridgehead atoms. The van der Waals surface area contributed by atoms with Gasteiger partial charge in [-0.1, -0.05) is 18.2 Å². The zero-order valence-electron chi connectivity index (χ0n) is 15.8. The SMILES string of the molecule is Cn1ncc2c(N3CCN(c4ccccc4)CC3)nc(N3CCCC3)nc21. The number of hydrogen-bond donors (Lipinski definition) is 0. The minimum absolute atomic E-state index is 0.851. The number of piperazine rings is 1. The quantitative estimate of drug-likeness (QED) is 0.712. The predicted octanol–water partition coefficient (Wildman–Crippen LogP) is 2.29. The van der Waals surface area contributed by atoms with E-state index in [9.17, 15) is 0 Å². The van der Waals surface area contributed by atoms with Crippen LogP contribution in [0.1, 0.15) is 12.8 Å². The standard InChI is InChI=1S/C20H25N7/c1-24-18-17(15-21-24)19(23-20(22-18)27-9-5-6-10-27)26-13-11-25(12-14-26)16-7-3-2-4-8-16/h2-4,7-8,15H,5-6,9-14H2,1H3. The number of nitrogens with zero attached hydrogens (tertiary/aromatic N) is 7. The van der Waals surface area contributed by atoms with Gasteiger partial charge in [0, 0.05) is 52.0 Å². The lowest BCUT2D eigenvalue weighted by Crippen LogP contribution is -2.47. The molecule has 2 aromatic heterocycles. The third kappa shape index (κ3) is 2.97. The van der Waals surface area contributed by atoms with E-state index in [2.05, 4.69) is 50.1 Å². The molecule has 2 aliphatic heterocycles. The van der Waals surface area contributed by atoms with Gasteiger partial charge in [0.1, 0.15) is 5.82 Å². The Hall–Kier alpha value is -2.83. The molecule has 0 unspecified atom stereocenters. The Bertz CT molecular complexity index is 922. The molecule has 0 aliphatic carbocycles. The number of fused-ring (bicyclic) bond motifs is 1. The minimum atomic E-state index is 0.851. The molecule has 0 spiro atoms. The molecule has 0 radical (unpaired) electrons. The van der Waals surface area contributed by atoms with E-state index in [-0.39, 0.29) is 0 Å². The van der Waals surface area contributed by atoms with E-state index in [1.807, 2.05) is 17.9 Å². The van der Waals surface area contributed by atoms with Crippen molar-refractivity contribution in [1.82, 2.24) is 19.7 Å². The third-order valence-corrected chi connectivity index (χ3v) is 5.65. The normalized spacial score (nSPS) is 17.9. The van der Waals surface area contributed by atoms with Crippen LogP contribution in [0.15, 0.2) is 36.5 Å². The minimum Gasteiger partial charge on any atom is -0.368 e. The van der Waals surface area contributed by atoms with Gasteiger partial charge >= 0.3 is 0 Å². The molecule has 2 aliphatic rings. The zero-order chi connectivity index (χ0) is 18.2. The molecule has 2 saturated heterocycles. The van der Waals surface area contributed by atoms with Crippen molar-refractivity contribution in [2.75, 3.05) is 54.0 Å². The second-order valence-corrected chi connectivity index (χ2v) is 7.36. The smallest absolute Gasteiger partial charge is 0.229 e. The fourth-order valence-electron chi connectivity index (χ4n) is 4.11. The van der Waals surface area contributed by atoms with Gasteiger partial charge in [0.25, 0.3) is 0 Å². The predicted molar refractivity (Wildman–Crippen MR) is 109 cm³/mol. The summed E-state index contributed by atoms with van der Waals surface area (Å²) in [6, 6.07) is 10.7. The van der Waals surface area contributed by atoms with Crippen LogP contribution < -0.4 is 14.7 Å². The van der Waals surface area contributed by atoms with Gasteiger partial charge in [0.2, 0.25) is 5.95 Å². The zero-order valence-corrected chi connectivity index (χ0v) is 15.8. The van der Waals surface area contributed by atoms with Crippen LogP contribution in [0.4, 0.5) is 17.5 Å². The number of benzene rings is 1. The summed E-state index contributed by atoms with van der Waals surface area (Å²) in [5.74, 6) is 1.88. The van der Waals surface area contributed by atoms with Gasteiger partial charge in [-0.2, -0.15) is 15.1 Å². The second-order valence-electron chi connectivity index (χ2n) is 7.36. The van der Waals surface area contributed by atoms with Crippen LogP contribution in [0.3, 0.4) is 0 Å². The Morgan fingerprint density at radius 3 is 2.22 bits per heavy atom. The van der Waals surface area contributed by atoms with Crippen LogP contribution in [-0.2, 0) is 7.05 Å². The van der Waals surface area contributed by atoms with Crippen LogP contribution in [0.5, 0.6) is 0 Å². The topological polar surface area (TPSA) is 53.3 Å². The van der Waals surface area contributed by atoms with E-state index in [4.69, 9.17) is 9.97 Å². The summed E-state index contributed by atoms with van der Waals surface area (Å²) < 4.78 is 1.86. The van der Waals surface area contributed by atoms with Crippen molar-refractivity contribution in [2.45, 2.75) is 12.8 Å². The lowest BCUT2D eigenvalue weighted by Gasteiger charge is -2.37. The molecule has 0 amide bonds. The van der Waals surface area contributed by atoms with Crippen molar-refractivity contribution in [3.05, 3.63) is 36.5 Å². The van der Waals surface area contributed by atoms with Crippen molar-refractivity contribution in [3.63, 3.8) is 0 Å². The summed E-state index contributed by atoms with van der Waals surface area (Å²) in [6.45, 7) is 5.99. The summed E-state index contributed by atoms with van der Waals surface area (Å²) in [6.07, 6.45) is 4.34. The molecule has 140 valence electrons. The molecular formula is C20H25N7. The molecule has 0 saturated carbocycles. The Balaban J connectivity index is 1.44. The lowest BCUT2D eigenvalue weighted by molar-refractivity contribution is 0.648. The molecule has 0 atom stereocenters. The summed E-state index contributed by atoms with van der Waals surface area (Å²) in [7, 11) is 1.96. The van der Waals surface area contributed by atoms with E-state index in [1.54, 1.807) is 0 Å². The maximum absolute atomic E-state index is 4.99. The molecule has 2 fully saturated rings. The molecule has 3 aromatic rings. The van der Waals surface area contributed by atoms with E-state index >= 15 is 0 Å². The number of aromatic nitrogens is 4. The maximum Gasteiger partial charge on any atom is 0.229 e. The van der Waals surface area contributed by atoms with Gasteiger partial charge < -0.3 is 14.7 Å². The lowest BCUT2D eigenvalue weighted by atomic mass is 10.2. The molecule has 7 nitrogen and oxygen atoms in total. The number of rotatable bonds is 3. The highest BCUT2D eigenvalue weighted by Gasteiger charge is 2.24.